The largest absolute Gasteiger partial charge is 0.456 e. The van der Waals surface area contributed by atoms with Crippen molar-refractivity contribution in [1.82, 2.24) is 9.97 Å². The summed E-state index contributed by atoms with van der Waals surface area (Å²) >= 11 is 1.82. The Bertz CT molecular complexity index is 3060. The molecule has 8 aromatic carbocycles. The van der Waals surface area contributed by atoms with Crippen LogP contribution >= 0.6 is 11.8 Å². The van der Waals surface area contributed by atoms with Crippen LogP contribution in [0.4, 0.5) is 0 Å². The molecule has 0 saturated carbocycles. The maximum absolute atomic E-state index is 6.59. The predicted molar refractivity (Wildman–Crippen MR) is 231 cm³/mol. The van der Waals surface area contributed by atoms with Crippen molar-refractivity contribution in [2.24, 2.45) is 0 Å². The van der Waals surface area contributed by atoms with Crippen LogP contribution in [-0.2, 0) is 0 Å². The molecule has 4 heteroatoms. The molecule has 0 saturated heterocycles. The summed E-state index contributed by atoms with van der Waals surface area (Å²) in [6.45, 7) is 0. The van der Waals surface area contributed by atoms with Crippen molar-refractivity contribution >= 4 is 33.7 Å². The van der Waals surface area contributed by atoms with E-state index in [0.717, 1.165) is 71.6 Å². The van der Waals surface area contributed by atoms with Crippen molar-refractivity contribution in [2.75, 3.05) is 0 Å². The zero-order chi connectivity index (χ0) is 37.0. The van der Waals surface area contributed by atoms with Crippen LogP contribution in [0, 0.1) is 0 Å². The quantitative estimate of drug-likeness (QED) is 0.181. The lowest BCUT2D eigenvalue weighted by Gasteiger charge is -2.18. The lowest BCUT2D eigenvalue weighted by atomic mass is 9.85. The number of aromatic nitrogens is 2. The smallest absolute Gasteiger partial charge is 0.160 e. The summed E-state index contributed by atoms with van der Waals surface area (Å²) in [4.78, 5) is 12.7. The molecule has 1 aliphatic rings. The van der Waals surface area contributed by atoms with Crippen molar-refractivity contribution in [1.29, 1.82) is 0 Å². The number of para-hydroxylation sites is 1. The van der Waals surface area contributed by atoms with E-state index >= 15 is 0 Å². The van der Waals surface area contributed by atoms with E-state index in [1.54, 1.807) is 0 Å². The molecule has 0 fully saturated rings. The molecule has 3 heterocycles. The Labute approximate surface area is 329 Å². The van der Waals surface area contributed by atoms with E-state index in [4.69, 9.17) is 14.4 Å². The first-order chi connectivity index (χ1) is 27.7. The maximum atomic E-state index is 6.59. The van der Waals surface area contributed by atoms with Crippen LogP contribution < -0.4 is 0 Å². The minimum Gasteiger partial charge on any atom is -0.456 e. The second-order valence-electron chi connectivity index (χ2n) is 14.1. The molecule has 0 atom stereocenters. The Morgan fingerprint density at radius 2 is 0.875 bits per heavy atom. The van der Waals surface area contributed by atoms with E-state index in [2.05, 4.69) is 164 Å². The molecule has 0 amide bonds. The fourth-order valence-corrected chi connectivity index (χ4v) is 9.21. The van der Waals surface area contributed by atoms with Gasteiger partial charge in [-0.2, -0.15) is 0 Å². The first-order valence-corrected chi connectivity index (χ1v) is 19.6. The van der Waals surface area contributed by atoms with Gasteiger partial charge in [-0.1, -0.05) is 169 Å². The molecule has 262 valence electrons. The predicted octanol–water partition coefficient (Wildman–Crippen LogP) is 14.5. The van der Waals surface area contributed by atoms with Crippen molar-refractivity contribution < 1.29 is 4.42 Å². The molecular formula is C52H32N2OS. The second kappa shape index (κ2) is 13.4. The molecule has 0 radical (unpaired) electrons. The van der Waals surface area contributed by atoms with E-state index < -0.39 is 0 Å². The van der Waals surface area contributed by atoms with Crippen molar-refractivity contribution in [3.8, 4) is 78.4 Å². The molecule has 56 heavy (non-hydrogen) atoms. The van der Waals surface area contributed by atoms with E-state index in [1.165, 1.54) is 32.7 Å². The first kappa shape index (κ1) is 32.4. The van der Waals surface area contributed by atoms with Crippen molar-refractivity contribution in [2.45, 2.75) is 9.79 Å². The molecule has 0 bridgehead atoms. The molecule has 3 nitrogen and oxygen atoms in total. The van der Waals surface area contributed by atoms with Gasteiger partial charge in [0.05, 0.1) is 11.4 Å². The number of hydrogen-bond acceptors (Lipinski definition) is 4. The number of rotatable bonds is 3. The van der Waals surface area contributed by atoms with E-state index in [9.17, 15) is 0 Å². The molecular weight excluding hydrogens is 701 g/mol. The topological polar surface area (TPSA) is 38.9 Å². The SMILES string of the molecule is c1ccc(-c2cc(-c3ccc4c(c3)-c3cc5oc6ccccc6c5cc3Sc3ccccc3-c3ccccc3-c3ccccc3-4)nc(-c3ccccc3)n2)cc1. The summed E-state index contributed by atoms with van der Waals surface area (Å²) in [7, 11) is 0. The van der Waals surface area contributed by atoms with Gasteiger partial charge < -0.3 is 4.42 Å². The Kier molecular flexibility index (Phi) is 7.75. The maximum Gasteiger partial charge on any atom is 0.160 e. The second-order valence-corrected chi connectivity index (χ2v) is 15.2. The molecule has 2 aromatic heterocycles. The number of hydrogen-bond donors (Lipinski definition) is 0. The van der Waals surface area contributed by atoms with Crippen LogP contribution in [0.15, 0.2) is 208 Å². The Balaban J connectivity index is 1.23. The molecule has 1 aliphatic heterocycles. The fourth-order valence-electron chi connectivity index (χ4n) is 8.08. The molecule has 11 rings (SSSR count). The average molecular weight is 733 g/mol. The summed E-state index contributed by atoms with van der Waals surface area (Å²) in [5, 5.41) is 2.22. The number of benzene rings is 8. The van der Waals surface area contributed by atoms with Gasteiger partial charge in [-0.15, -0.1) is 0 Å². The van der Waals surface area contributed by atoms with Gasteiger partial charge in [0.2, 0.25) is 0 Å². The van der Waals surface area contributed by atoms with Crippen LogP contribution in [0.3, 0.4) is 0 Å². The molecule has 0 N–H and O–H groups in total. The average Bonchev–Trinajstić information content (AvgIpc) is 3.63. The van der Waals surface area contributed by atoms with Gasteiger partial charge in [-0.05, 0) is 80.9 Å². The zero-order valence-corrected chi connectivity index (χ0v) is 31.0. The highest BCUT2D eigenvalue weighted by atomic mass is 32.2. The van der Waals surface area contributed by atoms with Gasteiger partial charge in [-0.3, -0.25) is 0 Å². The zero-order valence-electron chi connectivity index (χ0n) is 30.2. The van der Waals surface area contributed by atoms with Gasteiger partial charge >= 0.3 is 0 Å². The third-order valence-electron chi connectivity index (χ3n) is 10.7. The molecule has 0 spiro atoms. The highest BCUT2D eigenvalue weighted by Gasteiger charge is 2.23. The summed E-state index contributed by atoms with van der Waals surface area (Å²) in [6, 6.07) is 68.8. The number of furan rings is 1. The third-order valence-corrected chi connectivity index (χ3v) is 11.9. The lowest BCUT2D eigenvalue weighted by molar-refractivity contribution is 0.669. The van der Waals surface area contributed by atoms with Crippen LogP contribution in [0.1, 0.15) is 0 Å². The number of fused-ring (bicyclic) bond motifs is 12. The molecule has 10 aromatic rings. The third kappa shape index (κ3) is 5.54. The van der Waals surface area contributed by atoms with Gasteiger partial charge in [-0.25, -0.2) is 9.97 Å². The Morgan fingerprint density at radius 1 is 0.321 bits per heavy atom. The van der Waals surface area contributed by atoms with Crippen LogP contribution in [0.2, 0.25) is 0 Å². The lowest BCUT2D eigenvalue weighted by Crippen LogP contribution is -1.97. The monoisotopic (exact) mass is 732 g/mol. The molecule has 0 aliphatic carbocycles. The number of nitrogens with zero attached hydrogens (tertiary/aromatic N) is 2. The summed E-state index contributed by atoms with van der Waals surface area (Å²) in [6.07, 6.45) is 0. The van der Waals surface area contributed by atoms with Crippen LogP contribution in [-0.4, -0.2) is 9.97 Å². The molecule has 0 unspecified atom stereocenters. The fraction of sp³-hybridized carbons (Fsp3) is 0. The van der Waals surface area contributed by atoms with Crippen molar-refractivity contribution in [3.05, 3.63) is 194 Å². The summed E-state index contributed by atoms with van der Waals surface area (Å²) < 4.78 is 6.59. The summed E-state index contributed by atoms with van der Waals surface area (Å²) in [5.41, 5.74) is 15.8. The Hall–Kier alpha value is -7.01. The van der Waals surface area contributed by atoms with Gasteiger partial charge in [0.25, 0.3) is 0 Å². The van der Waals surface area contributed by atoms with E-state index in [-0.39, 0.29) is 0 Å². The van der Waals surface area contributed by atoms with E-state index in [1.807, 2.05) is 42.1 Å². The highest BCUT2D eigenvalue weighted by Crippen LogP contribution is 2.50. The minimum atomic E-state index is 0.692. The highest BCUT2D eigenvalue weighted by molar-refractivity contribution is 7.99. The summed E-state index contributed by atoms with van der Waals surface area (Å²) in [5.74, 6) is 0.692. The first-order valence-electron chi connectivity index (χ1n) is 18.8. The normalized spacial score (nSPS) is 11.9. The van der Waals surface area contributed by atoms with Gasteiger partial charge in [0, 0.05) is 37.3 Å². The Morgan fingerprint density at radius 3 is 1.59 bits per heavy atom. The van der Waals surface area contributed by atoms with Crippen LogP contribution in [0.25, 0.3) is 100 Å². The van der Waals surface area contributed by atoms with Crippen LogP contribution in [0.5, 0.6) is 0 Å². The van der Waals surface area contributed by atoms with Gasteiger partial charge in [0.1, 0.15) is 11.2 Å². The standard InChI is InChI=1S/C52H32N2OS/c1-3-15-33(16-4-1)46-32-47(54-52(53-46)34-17-5-2-6-18-34)35-27-28-40-38-21-8-7-19-36(38)37-20-9-10-22-39(37)42-24-12-14-26-50(42)56-51-31-44-41-23-11-13-25-48(41)55-49(44)30-45(51)43(40)29-35/h1-32H. The van der Waals surface area contributed by atoms with E-state index in [0.29, 0.717) is 5.82 Å². The van der Waals surface area contributed by atoms with Gasteiger partial charge in [0.15, 0.2) is 5.82 Å². The minimum absolute atomic E-state index is 0.692. The van der Waals surface area contributed by atoms with Crippen molar-refractivity contribution in [3.63, 3.8) is 0 Å².